The first kappa shape index (κ1) is 22.1. The minimum absolute atomic E-state index is 0.319. The maximum atomic E-state index is 5.66. The quantitative estimate of drug-likeness (QED) is 0.438. The van der Waals surface area contributed by atoms with Crippen molar-refractivity contribution >= 4 is 28.4 Å². The average molecular weight is 460 g/mol. The van der Waals surface area contributed by atoms with Crippen molar-refractivity contribution in [2.75, 3.05) is 31.0 Å². The number of aryl methyl sites for hydroxylation is 2. The molecule has 0 radical (unpaired) electrons. The van der Waals surface area contributed by atoms with Gasteiger partial charge in [-0.05, 0) is 51.0 Å². The summed E-state index contributed by atoms with van der Waals surface area (Å²) in [5.41, 5.74) is 4.55. The summed E-state index contributed by atoms with van der Waals surface area (Å²) >= 11 is 0. The first-order valence-corrected chi connectivity index (χ1v) is 11.4. The van der Waals surface area contributed by atoms with Gasteiger partial charge in [-0.25, -0.2) is 19.9 Å². The number of benzene rings is 1. The molecule has 1 saturated heterocycles. The second-order valence-electron chi connectivity index (χ2n) is 8.60. The van der Waals surface area contributed by atoms with Gasteiger partial charge in [-0.2, -0.15) is 0 Å². The molecule has 4 aromatic rings. The van der Waals surface area contributed by atoms with Crippen molar-refractivity contribution in [3.8, 4) is 17.1 Å². The number of ether oxygens (including phenoxy) is 2. The fraction of sp³-hybridized carbons (Fsp3) is 0.360. The molecule has 1 aliphatic heterocycles. The Labute approximate surface area is 198 Å². The van der Waals surface area contributed by atoms with Gasteiger partial charge in [-0.1, -0.05) is 0 Å². The van der Waals surface area contributed by atoms with Crippen LogP contribution in [0.15, 0.2) is 36.7 Å². The molecule has 176 valence electrons. The largest absolute Gasteiger partial charge is 0.495 e. The highest BCUT2D eigenvalue weighted by Crippen LogP contribution is 2.32. The number of hydrogen-bond donors (Lipinski definition) is 2. The standard InChI is InChI=1S/C25H29N7O2/c1-15-11-18-14-27-25(31-22(18)23(28-15)29-19-7-9-34-10-8-19)30-20-6-5-17(12-21(20)33-4)24-26-13-16(2)32(24)3/h5-6,11-14,19H,7-10H2,1-4H3,(H,28,29)(H,27,30,31). The van der Waals surface area contributed by atoms with Crippen molar-refractivity contribution in [2.45, 2.75) is 32.7 Å². The van der Waals surface area contributed by atoms with Crippen molar-refractivity contribution in [3.05, 3.63) is 48.0 Å². The van der Waals surface area contributed by atoms with E-state index in [2.05, 4.69) is 25.2 Å². The molecule has 0 unspecified atom stereocenters. The Morgan fingerprint density at radius 3 is 2.62 bits per heavy atom. The lowest BCUT2D eigenvalue weighted by Crippen LogP contribution is -2.28. The molecular formula is C25H29N7O2. The highest BCUT2D eigenvalue weighted by atomic mass is 16.5. The lowest BCUT2D eigenvalue weighted by molar-refractivity contribution is 0.0904. The van der Waals surface area contributed by atoms with E-state index >= 15 is 0 Å². The van der Waals surface area contributed by atoms with Crippen LogP contribution < -0.4 is 15.4 Å². The fourth-order valence-corrected chi connectivity index (χ4v) is 4.19. The third-order valence-electron chi connectivity index (χ3n) is 6.18. The van der Waals surface area contributed by atoms with E-state index in [4.69, 9.17) is 19.4 Å². The van der Waals surface area contributed by atoms with E-state index in [0.29, 0.717) is 17.7 Å². The zero-order valence-electron chi connectivity index (χ0n) is 19.9. The molecule has 4 heterocycles. The van der Waals surface area contributed by atoms with Crippen molar-refractivity contribution < 1.29 is 9.47 Å². The zero-order chi connectivity index (χ0) is 23.7. The smallest absolute Gasteiger partial charge is 0.227 e. The first-order valence-electron chi connectivity index (χ1n) is 11.4. The van der Waals surface area contributed by atoms with Gasteiger partial charge in [0.25, 0.3) is 0 Å². The summed E-state index contributed by atoms with van der Waals surface area (Å²) in [6.45, 7) is 5.53. The van der Waals surface area contributed by atoms with Gasteiger partial charge in [0.15, 0.2) is 5.82 Å². The molecule has 34 heavy (non-hydrogen) atoms. The molecule has 0 saturated carbocycles. The Morgan fingerprint density at radius 2 is 1.88 bits per heavy atom. The number of imidazole rings is 1. The first-order chi connectivity index (χ1) is 16.5. The van der Waals surface area contributed by atoms with Crippen molar-refractivity contribution in [1.29, 1.82) is 0 Å². The average Bonchev–Trinajstić information content (AvgIpc) is 3.18. The van der Waals surface area contributed by atoms with Crippen LogP contribution in [0.25, 0.3) is 22.3 Å². The third-order valence-corrected chi connectivity index (χ3v) is 6.18. The molecule has 9 heteroatoms. The van der Waals surface area contributed by atoms with E-state index in [1.165, 1.54) is 0 Å². The predicted octanol–water partition coefficient (Wildman–Crippen LogP) is 4.39. The molecule has 0 amide bonds. The minimum Gasteiger partial charge on any atom is -0.495 e. The Morgan fingerprint density at radius 1 is 1.06 bits per heavy atom. The van der Waals surface area contributed by atoms with Crippen LogP contribution in [0.2, 0.25) is 0 Å². The van der Waals surface area contributed by atoms with E-state index in [-0.39, 0.29) is 0 Å². The SMILES string of the molecule is COc1cc(-c2ncc(C)n2C)ccc1Nc1ncc2cc(C)nc(NC3CCOCC3)c2n1. The van der Waals surface area contributed by atoms with Crippen LogP contribution >= 0.6 is 0 Å². The van der Waals surface area contributed by atoms with Crippen molar-refractivity contribution in [3.63, 3.8) is 0 Å². The van der Waals surface area contributed by atoms with E-state index in [0.717, 1.165) is 71.2 Å². The predicted molar refractivity (Wildman–Crippen MR) is 133 cm³/mol. The molecule has 3 aromatic heterocycles. The number of nitrogens with zero attached hydrogens (tertiary/aromatic N) is 5. The summed E-state index contributed by atoms with van der Waals surface area (Å²) in [4.78, 5) is 18.6. The van der Waals surface area contributed by atoms with Crippen LogP contribution in [0, 0.1) is 13.8 Å². The van der Waals surface area contributed by atoms with Crippen molar-refractivity contribution in [1.82, 2.24) is 24.5 Å². The van der Waals surface area contributed by atoms with Crippen LogP contribution in [0.1, 0.15) is 24.2 Å². The maximum Gasteiger partial charge on any atom is 0.227 e. The van der Waals surface area contributed by atoms with E-state index in [1.807, 2.05) is 57.6 Å². The van der Waals surface area contributed by atoms with Crippen LogP contribution in [0.5, 0.6) is 5.75 Å². The highest BCUT2D eigenvalue weighted by Gasteiger charge is 2.17. The summed E-state index contributed by atoms with van der Waals surface area (Å²) in [6, 6.07) is 8.25. The van der Waals surface area contributed by atoms with Crippen LogP contribution in [-0.2, 0) is 11.8 Å². The molecule has 1 aromatic carbocycles. The lowest BCUT2D eigenvalue weighted by atomic mass is 10.1. The lowest BCUT2D eigenvalue weighted by Gasteiger charge is -2.24. The summed E-state index contributed by atoms with van der Waals surface area (Å²) in [5, 5.41) is 7.82. The van der Waals surface area contributed by atoms with Gasteiger partial charge < -0.3 is 24.7 Å². The number of nitrogens with one attached hydrogen (secondary N) is 2. The second kappa shape index (κ2) is 9.26. The molecular weight excluding hydrogens is 430 g/mol. The van der Waals surface area contributed by atoms with Gasteiger partial charge in [0, 0.05) is 61.0 Å². The van der Waals surface area contributed by atoms with Gasteiger partial charge in [-0.3, -0.25) is 0 Å². The number of anilines is 3. The molecule has 1 fully saturated rings. The van der Waals surface area contributed by atoms with Gasteiger partial charge in [-0.15, -0.1) is 0 Å². The summed E-state index contributed by atoms with van der Waals surface area (Å²) in [6.07, 6.45) is 5.59. The maximum absolute atomic E-state index is 5.66. The van der Waals surface area contributed by atoms with E-state index in [1.54, 1.807) is 7.11 Å². The zero-order valence-corrected chi connectivity index (χ0v) is 19.9. The third kappa shape index (κ3) is 4.38. The summed E-state index contributed by atoms with van der Waals surface area (Å²) in [5.74, 6) is 2.82. The summed E-state index contributed by atoms with van der Waals surface area (Å²) in [7, 11) is 3.65. The molecule has 0 spiro atoms. The van der Waals surface area contributed by atoms with Gasteiger partial charge in [0.2, 0.25) is 5.95 Å². The van der Waals surface area contributed by atoms with E-state index in [9.17, 15) is 0 Å². The van der Waals surface area contributed by atoms with Gasteiger partial charge in [0.1, 0.15) is 17.1 Å². The number of hydrogen-bond acceptors (Lipinski definition) is 8. The topological polar surface area (TPSA) is 99.0 Å². The molecule has 1 aliphatic rings. The minimum atomic E-state index is 0.319. The molecule has 9 nitrogen and oxygen atoms in total. The molecule has 0 bridgehead atoms. The van der Waals surface area contributed by atoms with Crippen LogP contribution in [0.4, 0.5) is 17.5 Å². The number of aromatic nitrogens is 5. The molecule has 0 atom stereocenters. The molecule has 2 N–H and O–H groups in total. The van der Waals surface area contributed by atoms with E-state index < -0.39 is 0 Å². The van der Waals surface area contributed by atoms with Gasteiger partial charge in [0.05, 0.1) is 12.8 Å². The monoisotopic (exact) mass is 459 g/mol. The highest BCUT2D eigenvalue weighted by molar-refractivity contribution is 5.89. The van der Waals surface area contributed by atoms with Crippen LogP contribution in [0.3, 0.4) is 0 Å². The fourth-order valence-electron chi connectivity index (χ4n) is 4.19. The van der Waals surface area contributed by atoms with Crippen LogP contribution in [-0.4, -0.2) is 50.9 Å². The number of fused-ring (bicyclic) bond motifs is 1. The normalized spacial score (nSPS) is 14.4. The number of pyridine rings is 1. The Bertz CT molecular complexity index is 1330. The second-order valence-corrected chi connectivity index (χ2v) is 8.60. The molecule has 0 aliphatic carbocycles. The Balaban J connectivity index is 1.46. The molecule has 5 rings (SSSR count). The Hall–Kier alpha value is -3.72. The Kier molecular flexibility index (Phi) is 6.02. The summed E-state index contributed by atoms with van der Waals surface area (Å²) < 4.78 is 13.2. The number of rotatable bonds is 6. The number of methoxy groups -OCH3 is 1. The van der Waals surface area contributed by atoms with Gasteiger partial charge >= 0.3 is 0 Å². The van der Waals surface area contributed by atoms with Crippen molar-refractivity contribution in [2.24, 2.45) is 7.05 Å².